The molecular formula is C13H18BrClO. The number of hydrogen-bond donors (Lipinski definition) is 0. The van der Waals surface area contributed by atoms with Crippen LogP contribution in [0.4, 0.5) is 0 Å². The van der Waals surface area contributed by atoms with Crippen molar-refractivity contribution in [3.8, 4) is 5.75 Å². The average Bonchev–Trinajstić information content (AvgIpc) is 2.26. The lowest BCUT2D eigenvalue weighted by molar-refractivity contribution is 0.409. The fourth-order valence-electron chi connectivity index (χ4n) is 1.50. The summed E-state index contributed by atoms with van der Waals surface area (Å²) in [5, 5.41) is 0.667. The SMILES string of the molecule is COc1ccc(C(Br)C(C)C(C)C)cc1Cl. The van der Waals surface area contributed by atoms with Crippen LogP contribution in [-0.2, 0) is 0 Å². The first-order chi connectivity index (χ1) is 7.47. The lowest BCUT2D eigenvalue weighted by atomic mass is 9.91. The minimum atomic E-state index is 0.330. The molecule has 0 aliphatic rings. The number of alkyl halides is 1. The van der Waals surface area contributed by atoms with Crippen molar-refractivity contribution in [2.75, 3.05) is 7.11 Å². The summed E-state index contributed by atoms with van der Waals surface area (Å²) in [6.45, 7) is 6.69. The Bertz CT molecular complexity index is 352. The van der Waals surface area contributed by atoms with E-state index < -0.39 is 0 Å². The standard InChI is InChI=1S/C13H18BrClO/c1-8(2)9(3)13(14)10-5-6-12(16-4)11(15)7-10/h5-9,13H,1-4H3. The third-order valence-electron chi connectivity index (χ3n) is 3.01. The summed E-state index contributed by atoms with van der Waals surface area (Å²) in [5.41, 5.74) is 1.20. The van der Waals surface area contributed by atoms with Crippen LogP contribution in [0.5, 0.6) is 5.75 Å². The van der Waals surface area contributed by atoms with Crippen LogP contribution >= 0.6 is 27.5 Å². The molecule has 0 N–H and O–H groups in total. The van der Waals surface area contributed by atoms with Crippen LogP contribution in [0.15, 0.2) is 18.2 Å². The van der Waals surface area contributed by atoms with Crippen molar-refractivity contribution in [3.05, 3.63) is 28.8 Å². The number of benzene rings is 1. The molecule has 1 aromatic carbocycles. The highest BCUT2D eigenvalue weighted by atomic mass is 79.9. The van der Waals surface area contributed by atoms with Gasteiger partial charge in [-0.3, -0.25) is 0 Å². The molecule has 1 aromatic rings. The van der Waals surface area contributed by atoms with E-state index in [2.05, 4.69) is 42.8 Å². The van der Waals surface area contributed by atoms with E-state index in [0.29, 0.717) is 21.7 Å². The van der Waals surface area contributed by atoms with Gasteiger partial charge < -0.3 is 4.74 Å². The zero-order chi connectivity index (χ0) is 12.3. The molecule has 0 radical (unpaired) electrons. The zero-order valence-corrected chi connectivity index (χ0v) is 12.5. The second-order valence-electron chi connectivity index (χ2n) is 4.40. The van der Waals surface area contributed by atoms with E-state index in [1.807, 2.05) is 12.1 Å². The lowest BCUT2D eigenvalue weighted by Crippen LogP contribution is -2.10. The Morgan fingerprint density at radius 3 is 2.31 bits per heavy atom. The molecule has 0 aliphatic heterocycles. The first kappa shape index (κ1) is 13.9. The van der Waals surface area contributed by atoms with Gasteiger partial charge >= 0.3 is 0 Å². The first-order valence-corrected chi connectivity index (χ1v) is 6.74. The van der Waals surface area contributed by atoms with Crippen molar-refractivity contribution >= 4 is 27.5 Å². The molecule has 0 spiro atoms. The predicted molar refractivity (Wildman–Crippen MR) is 73.7 cm³/mol. The first-order valence-electron chi connectivity index (χ1n) is 5.44. The molecule has 0 aliphatic carbocycles. The minimum Gasteiger partial charge on any atom is -0.495 e. The number of ether oxygens (including phenoxy) is 1. The molecule has 0 saturated carbocycles. The number of rotatable bonds is 4. The number of halogens is 2. The minimum absolute atomic E-state index is 0.330. The summed E-state index contributed by atoms with van der Waals surface area (Å²) in [6, 6.07) is 5.95. The molecule has 90 valence electrons. The van der Waals surface area contributed by atoms with E-state index in [4.69, 9.17) is 16.3 Å². The maximum Gasteiger partial charge on any atom is 0.137 e. The second kappa shape index (κ2) is 5.92. The van der Waals surface area contributed by atoms with Gasteiger partial charge in [0.15, 0.2) is 0 Å². The molecule has 1 rings (SSSR count). The van der Waals surface area contributed by atoms with Gasteiger partial charge in [0.2, 0.25) is 0 Å². The molecule has 16 heavy (non-hydrogen) atoms. The summed E-state index contributed by atoms with van der Waals surface area (Å²) < 4.78 is 5.14. The van der Waals surface area contributed by atoms with Gasteiger partial charge in [0.1, 0.15) is 5.75 Å². The quantitative estimate of drug-likeness (QED) is 0.705. The van der Waals surface area contributed by atoms with E-state index in [-0.39, 0.29) is 0 Å². The van der Waals surface area contributed by atoms with Crippen LogP contribution < -0.4 is 4.74 Å². The topological polar surface area (TPSA) is 9.23 Å². The fraction of sp³-hybridized carbons (Fsp3) is 0.538. The Morgan fingerprint density at radius 1 is 1.25 bits per heavy atom. The van der Waals surface area contributed by atoms with E-state index in [0.717, 1.165) is 5.75 Å². The highest BCUT2D eigenvalue weighted by Crippen LogP contribution is 2.37. The molecule has 0 heterocycles. The molecule has 0 aromatic heterocycles. The van der Waals surface area contributed by atoms with Gasteiger partial charge in [-0.1, -0.05) is 54.4 Å². The summed E-state index contributed by atoms with van der Waals surface area (Å²) >= 11 is 9.85. The molecule has 2 unspecified atom stereocenters. The van der Waals surface area contributed by atoms with Gasteiger partial charge in [-0.25, -0.2) is 0 Å². The summed E-state index contributed by atoms with van der Waals surface area (Å²) in [4.78, 5) is 0.330. The monoisotopic (exact) mass is 304 g/mol. The summed E-state index contributed by atoms with van der Waals surface area (Å²) in [6.07, 6.45) is 0. The Hall–Kier alpha value is -0.210. The fourth-order valence-corrected chi connectivity index (χ4v) is 2.66. The normalized spacial score (nSPS) is 14.9. The van der Waals surface area contributed by atoms with Crippen molar-refractivity contribution < 1.29 is 4.74 Å². The van der Waals surface area contributed by atoms with Gasteiger partial charge in [-0.2, -0.15) is 0 Å². The van der Waals surface area contributed by atoms with Crippen molar-refractivity contribution in [1.82, 2.24) is 0 Å². The maximum atomic E-state index is 6.11. The zero-order valence-electron chi connectivity index (χ0n) is 10.1. The molecule has 0 fully saturated rings. The van der Waals surface area contributed by atoms with Crippen molar-refractivity contribution in [2.24, 2.45) is 11.8 Å². The Labute approximate surface area is 111 Å². The van der Waals surface area contributed by atoms with Gasteiger partial charge in [0.05, 0.1) is 12.1 Å². The smallest absolute Gasteiger partial charge is 0.137 e. The van der Waals surface area contributed by atoms with E-state index in [1.165, 1.54) is 5.56 Å². The highest BCUT2D eigenvalue weighted by molar-refractivity contribution is 9.09. The van der Waals surface area contributed by atoms with Crippen LogP contribution in [0, 0.1) is 11.8 Å². The molecule has 0 amide bonds. The molecule has 2 atom stereocenters. The predicted octanol–water partition coefficient (Wildman–Crippen LogP) is 5.08. The molecular weight excluding hydrogens is 287 g/mol. The number of hydrogen-bond acceptors (Lipinski definition) is 1. The van der Waals surface area contributed by atoms with Gasteiger partial charge in [0.25, 0.3) is 0 Å². The Balaban J connectivity index is 2.92. The van der Waals surface area contributed by atoms with Gasteiger partial charge in [-0.05, 0) is 29.5 Å². The Morgan fingerprint density at radius 2 is 1.88 bits per heavy atom. The van der Waals surface area contributed by atoms with Crippen molar-refractivity contribution in [2.45, 2.75) is 25.6 Å². The van der Waals surface area contributed by atoms with E-state index in [1.54, 1.807) is 7.11 Å². The van der Waals surface area contributed by atoms with Crippen LogP contribution in [0.2, 0.25) is 5.02 Å². The van der Waals surface area contributed by atoms with Gasteiger partial charge in [-0.15, -0.1) is 0 Å². The van der Waals surface area contributed by atoms with Crippen LogP contribution in [-0.4, -0.2) is 7.11 Å². The Kier molecular flexibility index (Phi) is 5.13. The summed E-state index contributed by atoms with van der Waals surface area (Å²) in [5.74, 6) is 1.91. The second-order valence-corrected chi connectivity index (χ2v) is 5.79. The molecule has 0 bridgehead atoms. The number of methoxy groups -OCH3 is 1. The molecule has 1 nitrogen and oxygen atoms in total. The third-order valence-corrected chi connectivity index (χ3v) is 4.67. The maximum absolute atomic E-state index is 6.11. The van der Waals surface area contributed by atoms with Crippen LogP contribution in [0.25, 0.3) is 0 Å². The van der Waals surface area contributed by atoms with E-state index in [9.17, 15) is 0 Å². The highest BCUT2D eigenvalue weighted by Gasteiger charge is 2.19. The van der Waals surface area contributed by atoms with Crippen molar-refractivity contribution in [1.29, 1.82) is 0 Å². The average molecular weight is 306 g/mol. The van der Waals surface area contributed by atoms with Crippen LogP contribution in [0.1, 0.15) is 31.2 Å². The third kappa shape index (κ3) is 3.14. The van der Waals surface area contributed by atoms with Crippen LogP contribution in [0.3, 0.4) is 0 Å². The van der Waals surface area contributed by atoms with Gasteiger partial charge in [0, 0.05) is 4.83 Å². The summed E-state index contributed by atoms with van der Waals surface area (Å²) in [7, 11) is 1.63. The lowest BCUT2D eigenvalue weighted by Gasteiger charge is -2.22. The van der Waals surface area contributed by atoms with Crippen molar-refractivity contribution in [3.63, 3.8) is 0 Å². The molecule has 0 saturated heterocycles. The molecule has 3 heteroatoms. The largest absolute Gasteiger partial charge is 0.495 e. The van der Waals surface area contributed by atoms with E-state index >= 15 is 0 Å².